The number of anilines is 6. The molecule has 0 N–H and O–H groups in total. The SMILES string of the molecule is Cc1cc(C(C)(C)C)cc(C)c1N1c2cc(C(C)C)cc3c2B(c2cc(-c4cc5ccccc5s4)ccc2N3c2ccc(-c3cc4ccccc4s3)cc2)c2c1oc1ccc(C(C)(C)C)cc21. The zero-order valence-corrected chi connectivity index (χ0v) is 41.8. The number of hydrogen-bond acceptors (Lipinski definition) is 5. The van der Waals surface area contributed by atoms with Crippen LogP contribution >= 0.6 is 22.7 Å². The van der Waals surface area contributed by atoms with E-state index in [4.69, 9.17) is 4.42 Å². The molecule has 3 aromatic heterocycles. The number of hydrogen-bond donors (Lipinski definition) is 0. The van der Waals surface area contributed by atoms with Crippen molar-refractivity contribution in [3.63, 3.8) is 0 Å². The van der Waals surface area contributed by atoms with Crippen molar-refractivity contribution >= 4 is 111 Å². The standard InChI is InChI=1S/C61H55BN2OS2/c1-35(2)42-30-49-57-50(31-42)64(58-36(3)27-44(28-37(58)4)61(8,9)10)59-56(46-34-43(60(5,6)7)22-26-51(46)65-59)62(57)47-29-41(55-33-40-16-12-14-18-53(40)67-55)21-25-48(47)63(49)45-23-19-38(20-24-45)54-32-39-15-11-13-17-52(39)66-54/h11-35H,1-10H3. The van der Waals surface area contributed by atoms with Gasteiger partial charge in [0.15, 0.2) is 0 Å². The lowest BCUT2D eigenvalue weighted by Crippen LogP contribution is -2.61. The summed E-state index contributed by atoms with van der Waals surface area (Å²) in [6.07, 6.45) is 0. The summed E-state index contributed by atoms with van der Waals surface area (Å²) in [5, 5.41) is 3.75. The number of benzene rings is 7. The molecular weight excluding hydrogens is 852 g/mol. The fourth-order valence-electron chi connectivity index (χ4n) is 10.8. The van der Waals surface area contributed by atoms with Crippen molar-refractivity contribution in [3.8, 4) is 20.9 Å². The second-order valence-corrected chi connectivity index (χ2v) is 23.5. The molecule has 0 aliphatic carbocycles. The lowest BCUT2D eigenvalue weighted by Gasteiger charge is -2.43. The summed E-state index contributed by atoms with van der Waals surface area (Å²) >= 11 is 3.74. The van der Waals surface area contributed by atoms with E-state index >= 15 is 0 Å². The van der Waals surface area contributed by atoms with Gasteiger partial charge in [-0.25, -0.2) is 0 Å². The van der Waals surface area contributed by atoms with Crippen LogP contribution in [0.4, 0.5) is 34.3 Å². The quantitative estimate of drug-likeness (QED) is 0.160. The summed E-state index contributed by atoms with van der Waals surface area (Å²) in [6.45, 7) is 23.0. The van der Waals surface area contributed by atoms with Gasteiger partial charge in [0, 0.05) is 52.8 Å². The van der Waals surface area contributed by atoms with Gasteiger partial charge >= 0.3 is 0 Å². The van der Waals surface area contributed by atoms with E-state index in [-0.39, 0.29) is 23.5 Å². The number of fused-ring (bicyclic) bond motifs is 8. The Kier molecular flexibility index (Phi) is 9.47. The highest BCUT2D eigenvalue weighted by Crippen LogP contribution is 2.50. The number of aryl methyl sites for hydroxylation is 2. The van der Waals surface area contributed by atoms with Crippen molar-refractivity contribution < 1.29 is 4.42 Å². The highest BCUT2D eigenvalue weighted by Gasteiger charge is 2.47. The van der Waals surface area contributed by atoms with Crippen molar-refractivity contribution in [2.75, 3.05) is 9.80 Å². The molecule has 2 aliphatic heterocycles. The zero-order valence-electron chi connectivity index (χ0n) is 40.1. The summed E-state index contributed by atoms with van der Waals surface area (Å²) < 4.78 is 9.98. The molecule has 0 unspecified atom stereocenters. The molecule has 5 heterocycles. The zero-order chi connectivity index (χ0) is 46.3. The van der Waals surface area contributed by atoms with Gasteiger partial charge in [0.05, 0.1) is 5.69 Å². The Morgan fingerprint density at radius 3 is 1.72 bits per heavy atom. The lowest BCUT2D eigenvalue weighted by molar-refractivity contribution is 0.589. The third-order valence-electron chi connectivity index (χ3n) is 14.4. The van der Waals surface area contributed by atoms with Crippen LogP contribution in [-0.4, -0.2) is 6.71 Å². The van der Waals surface area contributed by atoms with E-state index in [9.17, 15) is 0 Å². The van der Waals surface area contributed by atoms with Crippen LogP contribution in [-0.2, 0) is 10.8 Å². The first-order chi connectivity index (χ1) is 32.1. The van der Waals surface area contributed by atoms with Gasteiger partial charge in [-0.05, 0) is 158 Å². The monoisotopic (exact) mass is 906 g/mol. The Morgan fingerprint density at radius 1 is 0.537 bits per heavy atom. The van der Waals surface area contributed by atoms with Gasteiger partial charge in [0.1, 0.15) is 5.58 Å². The molecule has 0 saturated carbocycles. The third kappa shape index (κ3) is 6.73. The molecule has 2 aliphatic rings. The van der Waals surface area contributed by atoms with Gasteiger partial charge < -0.3 is 9.32 Å². The number of rotatable bonds is 5. The molecule has 0 spiro atoms. The predicted molar refractivity (Wildman–Crippen MR) is 293 cm³/mol. The van der Waals surface area contributed by atoms with Crippen LogP contribution in [0.15, 0.2) is 150 Å². The van der Waals surface area contributed by atoms with E-state index in [1.165, 1.54) is 113 Å². The van der Waals surface area contributed by atoms with Crippen LogP contribution in [0.2, 0.25) is 0 Å². The van der Waals surface area contributed by atoms with E-state index < -0.39 is 0 Å². The largest absolute Gasteiger partial charge is 0.440 e. The maximum absolute atomic E-state index is 7.36. The highest BCUT2D eigenvalue weighted by molar-refractivity contribution is 7.22. The van der Waals surface area contributed by atoms with Crippen molar-refractivity contribution in [1.82, 2.24) is 0 Å². The summed E-state index contributed by atoms with van der Waals surface area (Å²) in [6, 6.07) is 55.5. The second kappa shape index (κ2) is 15.1. The van der Waals surface area contributed by atoms with E-state index in [1.807, 2.05) is 22.7 Å². The topological polar surface area (TPSA) is 19.6 Å². The van der Waals surface area contributed by atoms with Crippen LogP contribution in [0.25, 0.3) is 52.0 Å². The maximum Gasteiger partial charge on any atom is 0.257 e. The van der Waals surface area contributed by atoms with Gasteiger partial charge in [-0.3, -0.25) is 4.90 Å². The molecule has 0 amide bonds. The Bertz CT molecular complexity index is 3540. The molecule has 67 heavy (non-hydrogen) atoms. The Morgan fingerprint density at radius 2 is 1.12 bits per heavy atom. The van der Waals surface area contributed by atoms with Gasteiger partial charge in [0.25, 0.3) is 6.71 Å². The van der Waals surface area contributed by atoms with E-state index in [2.05, 4.69) is 225 Å². The highest BCUT2D eigenvalue weighted by atomic mass is 32.1. The van der Waals surface area contributed by atoms with Crippen LogP contribution in [0.5, 0.6) is 0 Å². The molecule has 0 bridgehead atoms. The molecule has 6 heteroatoms. The minimum atomic E-state index is -0.0956. The Balaban J connectivity index is 1.17. The minimum absolute atomic E-state index is 0.00843. The van der Waals surface area contributed by atoms with Gasteiger partial charge in [-0.1, -0.05) is 134 Å². The van der Waals surface area contributed by atoms with Crippen molar-refractivity contribution in [2.45, 2.75) is 86.0 Å². The summed E-state index contributed by atoms with van der Waals surface area (Å²) in [5.41, 5.74) is 19.6. The molecule has 0 radical (unpaired) electrons. The van der Waals surface area contributed by atoms with Crippen LogP contribution in [0.1, 0.15) is 89.1 Å². The molecule has 330 valence electrons. The van der Waals surface area contributed by atoms with E-state index in [0.717, 1.165) is 17.2 Å². The fraction of sp³-hybridized carbons (Fsp3) is 0.213. The third-order valence-corrected chi connectivity index (χ3v) is 16.7. The van der Waals surface area contributed by atoms with Crippen molar-refractivity contribution in [2.24, 2.45) is 0 Å². The number of thiophene rings is 2. The van der Waals surface area contributed by atoms with Gasteiger partial charge in [-0.2, -0.15) is 0 Å². The summed E-state index contributed by atoms with van der Waals surface area (Å²) in [4.78, 5) is 7.63. The molecular formula is C61H55BN2OS2. The molecule has 0 atom stereocenters. The van der Waals surface area contributed by atoms with Gasteiger partial charge in [-0.15, -0.1) is 22.7 Å². The van der Waals surface area contributed by atoms with E-state index in [0.29, 0.717) is 0 Å². The lowest BCUT2D eigenvalue weighted by atomic mass is 9.33. The first-order valence-electron chi connectivity index (χ1n) is 23.8. The maximum atomic E-state index is 7.36. The summed E-state index contributed by atoms with van der Waals surface area (Å²) in [5.74, 6) is 1.20. The van der Waals surface area contributed by atoms with Crippen LogP contribution in [0.3, 0.4) is 0 Å². The molecule has 3 nitrogen and oxygen atoms in total. The van der Waals surface area contributed by atoms with Gasteiger partial charge in [0.2, 0.25) is 5.88 Å². The van der Waals surface area contributed by atoms with Crippen LogP contribution < -0.4 is 26.2 Å². The van der Waals surface area contributed by atoms with Crippen molar-refractivity contribution in [1.29, 1.82) is 0 Å². The number of furan rings is 1. The fourth-order valence-corrected chi connectivity index (χ4v) is 12.9. The Labute approximate surface area is 403 Å². The van der Waals surface area contributed by atoms with Crippen LogP contribution in [0, 0.1) is 13.8 Å². The first kappa shape index (κ1) is 42.0. The molecule has 7 aromatic carbocycles. The molecule has 12 rings (SSSR count). The normalized spacial score (nSPS) is 13.6. The summed E-state index contributed by atoms with van der Waals surface area (Å²) in [7, 11) is 0. The average molecular weight is 907 g/mol. The first-order valence-corrected chi connectivity index (χ1v) is 25.4. The second-order valence-electron chi connectivity index (χ2n) is 21.3. The molecule has 0 saturated heterocycles. The molecule has 0 fully saturated rings. The minimum Gasteiger partial charge on any atom is -0.440 e. The van der Waals surface area contributed by atoms with Crippen molar-refractivity contribution in [3.05, 3.63) is 173 Å². The van der Waals surface area contributed by atoms with E-state index in [1.54, 1.807) is 0 Å². The number of nitrogens with zero attached hydrogens (tertiary/aromatic N) is 2. The Hall–Kier alpha value is -6.34. The average Bonchev–Trinajstić information content (AvgIpc) is 4.04. The molecule has 10 aromatic rings. The predicted octanol–water partition coefficient (Wildman–Crippen LogP) is 16.6. The smallest absolute Gasteiger partial charge is 0.257 e.